The topological polar surface area (TPSA) is 64.1 Å². The van der Waals surface area contributed by atoms with Crippen LogP contribution in [0.4, 0.5) is 0 Å². The van der Waals surface area contributed by atoms with E-state index in [0.717, 1.165) is 20.1 Å². The molecule has 0 aliphatic heterocycles. The van der Waals surface area contributed by atoms with Gasteiger partial charge in [0.1, 0.15) is 5.92 Å². The summed E-state index contributed by atoms with van der Waals surface area (Å²) in [4.78, 5) is 41.2. The monoisotopic (exact) mass is 333 g/mol. The third kappa shape index (κ3) is 2.50. The van der Waals surface area contributed by atoms with Gasteiger partial charge in [-0.05, 0) is 37.3 Å². The average Bonchev–Trinajstić information content (AvgIpc) is 2.91. The van der Waals surface area contributed by atoms with Gasteiger partial charge in [0.05, 0.1) is 10.2 Å². The maximum atomic E-state index is 12.7. The number of benzene rings is 1. The number of aromatic nitrogens is 1. The Morgan fingerprint density at radius 3 is 2.59 bits per heavy atom. The Bertz CT molecular complexity index is 778. The van der Waals surface area contributed by atoms with E-state index in [1.165, 1.54) is 0 Å². The standard InChI is InChI=1S/C16H15NO3S2/c1-8-9(6-7-12-14(8)17-16(21-2)22-12)15(20)13-10(18)4-3-5-11(13)19/h6-7,13H,3-5H2,1-2H3. The Balaban J connectivity index is 2.05. The second kappa shape index (κ2) is 5.93. The number of rotatable bonds is 3. The number of carbonyl (C=O) groups is 3. The number of Topliss-reactive ketones (excluding diaryl/α,β-unsaturated/α-hetero) is 3. The molecule has 0 radical (unpaired) electrons. The van der Waals surface area contributed by atoms with Gasteiger partial charge in [0.25, 0.3) is 0 Å². The zero-order valence-electron chi connectivity index (χ0n) is 12.3. The molecule has 22 heavy (non-hydrogen) atoms. The molecular formula is C16H15NO3S2. The first kappa shape index (κ1) is 15.4. The fourth-order valence-electron chi connectivity index (χ4n) is 2.81. The van der Waals surface area contributed by atoms with Crippen LogP contribution in [-0.4, -0.2) is 28.6 Å². The molecule has 3 rings (SSSR count). The predicted molar refractivity (Wildman–Crippen MR) is 87.8 cm³/mol. The fourth-order valence-corrected chi connectivity index (χ4v) is 4.35. The van der Waals surface area contributed by atoms with Crippen molar-refractivity contribution in [2.45, 2.75) is 30.5 Å². The molecule has 0 bridgehead atoms. The molecule has 1 aliphatic rings. The van der Waals surface area contributed by atoms with Crippen LogP contribution in [0.3, 0.4) is 0 Å². The largest absolute Gasteiger partial charge is 0.298 e. The van der Waals surface area contributed by atoms with Crippen molar-refractivity contribution in [2.24, 2.45) is 5.92 Å². The SMILES string of the molecule is CSc1nc2c(C)c(C(=O)C3C(=O)CCCC3=O)ccc2s1. The number of hydrogen-bond acceptors (Lipinski definition) is 6. The number of thioether (sulfide) groups is 1. The molecule has 6 heteroatoms. The van der Waals surface area contributed by atoms with E-state index in [0.29, 0.717) is 24.8 Å². The highest BCUT2D eigenvalue weighted by atomic mass is 32.2. The van der Waals surface area contributed by atoms with Crippen LogP contribution >= 0.6 is 23.1 Å². The van der Waals surface area contributed by atoms with Crippen molar-refractivity contribution in [2.75, 3.05) is 6.26 Å². The second-order valence-electron chi connectivity index (χ2n) is 5.35. The first-order valence-corrected chi connectivity index (χ1v) is 9.11. The normalized spacial score (nSPS) is 16.5. The third-order valence-corrected chi connectivity index (χ3v) is 5.99. The van der Waals surface area contributed by atoms with Crippen molar-refractivity contribution in [1.29, 1.82) is 0 Å². The van der Waals surface area contributed by atoms with E-state index in [1.54, 1.807) is 29.2 Å². The fraction of sp³-hybridized carbons (Fsp3) is 0.375. The number of hydrogen-bond donors (Lipinski definition) is 0. The Kier molecular flexibility index (Phi) is 4.14. The highest BCUT2D eigenvalue weighted by Crippen LogP contribution is 2.32. The van der Waals surface area contributed by atoms with Crippen molar-refractivity contribution in [3.63, 3.8) is 0 Å². The lowest BCUT2D eigenvalue weighted by molar-refractivity contribution is -0.133. The molecule has 114 valence electrons. The molecule has 0 saturated heterocycles. The van der Waals surface area contributed by atoms with Crippen LogP contribution in [0.15, 0.2) is 16.5 Å². The predicted octanol–water partition coefficient (Wildman–Crippen LogP) is 3.45. The number of thiazole rings is 1. The molecule has 1 aromatic carbocycles. The molecule has 0 atom stereocenters. The zero-order valence-corrected chi connectivity index (χ0v) is 14.0. The van der Waals surface area contributed by atoms with Crippen LogP contribution in [-0.2, 0) is 9.59 Å². The van der Waals surface area contributed by atoms with E-state index >= 15 is 0 Å². The summed E-state index contributed by atoms with van der Waals surface area (Å²) < 4.78 is 1.95. The number of carbonyl (C=O) groups excluding carboxylic acids is 3. The van der Waals surface area contributed by atoms with Crippen LogP contribution in [0, 0.1) is 12.8 Å². The van der Waals surface area contributed by atoms with Crippen LogP contribution in [0.1, 0.15) is 35.2 Å². The van der Waals surface area contributed by atoms with Crippen molar-refractivity contribution >= 4 is 50.7 Å². The van der Waals surface area contributed by atoms with Crippen LogP contribution < -0.4 is 0 Å². The first-order valence-electron chi connectivity index (χ1n) is 7.06. The minimum Gasteiger partial charge on any atom is -0.298 e. The van der Waals surface area contributed by atoms with Gasteiger partial charge in [-0.3, -0.25) is 14.4 Å². The molecule has 1 saturated carbocycles. The van der Waals surface area contributed by atoms with E-state index in [-0.39, 0.29) is 17.3 Å². The van der Waals surface area contributed by atoms with E-state index in [2.05, 4.69) is 4.98 Å². The van der Waals surface area contributed by atoms with Crippen molar-refractivity contribution in [3.8, 4) is 0 Å². The Labute approximate surface area is 136 Å². The molecule has 1 aromatic heterocycles. The van der Waals surface area contributed by atoms with Crippen molar-refractivity contribution in [3.05, 3.63) is 23.3 Å². The van der Waals surface area contributed by atoms with Gasteiger partial charge >= 0.3 is 0 Å². The van der Waals surface area contributed by atoms with Crippen LogP contribution in [0.25, 0.3) is 10.2 Å². The highest BCUT2D eigenvalue weighted by Gasteiger charge is 2.37. The minimum atomic E-state index is -1.11. The van der Waals surface area contributed by atoms with Gasteiger partial charge in [-0.15, -0.1) is 11.3 Å². The molecule has 1 fully saturated rings. The lowest BCUT2D eigenvalue weighted by Crippen LogP contribution is -2.35. The van der Waals surface area contributed by atoms with Gasteiger partial charge in [0.15, 0.2) is 21.7 Å². The quantitative estimate of drug-likeness (QED) is 0.489. The van der Waals surface area contributed by atoms with Gasteiger partial charge in [0.2, 0.25) is 0 Å². The molecule has 0 spiro atoms. The first-order chi connectivity index (χ1) is 10.5. The van der Waals surface area contributed by atoms with Crippen molar-refractivity contribution < 1.29 is 14.4 Å². The Morgan fingerprint density at radius 1 is 1.27 bits per heavy atom. The van der Waals surface area contributed by atoms with E-state index in [4.69, 9.17) is 0 Å². The zero-order chi connectivity index (χ0) is 15.9. The molecule has 4 nitrogen and oxygen atoms in total. The smallest absolute Gasteiger partial charge is 0.181 e. The lowest BCUT2D eigenvalue weighted by Gasteiger charge is -2.19. The Hall–Kier alpha value is -1.53. The number of nitrogens with zero attached hydrogens (tertiary/aromatic N) is 1. The maximum absolute atomic E-state index is 12.7. The number of fused-ring (bicyclic) bond motifs is 1. The molecule has 0 unspecified atom stereocenters. The highest BCUT2D eigenvalue weighted by molar-refractivity contribution is 8.00. The minimum absolute atomic E-state index is 0.246. The van der Waals surface area contributed by atoms with Crippen LogP contribution in [0.5, 0.6) is 0 Å². The van der Waals surface area contributed by atoms with Gasteiger partial charge in [-0.2, -0.15) is 0 Å². The summed E-state index contributed by atoms with van der Waals surface area (Å²) in [5, 5.41) is 0. The molecule has 0 amide bonds. The number of ketones is 3. The molecule has 1 heterocycles. The summed E-state index contributed by atoms with van der Waals surface area (Å²) in [5.74, 6) is -1.97. The average molecular weight is 333 g/mol. The van der Waals surface area contributed by atoms with Gasteiger partial charge < -0.3 is 0 Å². The van der Waals surface area contributed by atoms with Crippen LogP contribution in [0.2, 0.25) is 0 Å². The molecule has 0 N–H and O–H groups in total. The van der Waals surface area contributed by atoms with Gasteiger partial charge in [-0.25, -0.2) is 4.98 Å². The summed E-state index contributed by atoms with van der Waals surface area (Å²) >= 11 is 3.14. The summed E-state index contributed by atoms with van der Waals surface area (Å²) in [6.45, 7) is 1.83. The second-order valence-corrected chi connectivity index (χ2v) is 7.44. The summed E-state index contributed by atoms with van der Waals surface area (Å²) in [6, 6.07) is 3.57. The van der Waals surface area contributed by atoms with Gasteiger partial charge in [-0.1, -0.05) is 11.8 Å². The summed E-state index contributed by atoms with van der Waals surface area (Å²) in [7, 11) is 0. The summed E-state index contributed by atoms with van der Waals surface area (Å²) in [6.07, 6.45) is 3.15. The summed E-state index contributed by atoms with van der Waals surface area (Å²) in [5.41, 5.74) is 1.99. The van der Waals surface area contributed by atoms with Crippen molar-refractivity contribution in [1.82, 2.24) is 4.98 Å². The Morgan fingerprint density at radius 2 is 1.95 bits per heavy atom. The van der Waals surface area contributed by atoms with Gasteiger partial charge in [0, 0.05) is 18.4 Å². The number of aryl methyl sites for hydroxylation is 1. The molecule has 2 aromatic rings. The van der Waals surface area contributed by atoms with E-state index < -0.39 is 5.92 Å². The lowest BCUT2D eigenvalue weighted by atomic mass is 9.81. The van der Waals surface area contributed by atoms with E-state index in [1.807, 2.05) is 19.2 Å². The maximum Gasteiger partial charge on any atom is 0.181 e. The molecular weight excluding hydrogens is 318 g/mol. The van der Waals surface area contributed by atoms with E-state index in [9.17, 15) is 14.4 Å². The molecule has 1 aliphatic carbocycles. The third-order valence-electron chi connectivity index (χ3n) is 3.99.